The summed E-state index contributed by atoms with van der Waals surface area (Å²) in [6.07, 6.45) is -5.41. The minimum Gasteiger partial charge on any atom is -0.484 e. The lowest BCUT2D eigenvalue weighted by molar-refractivity contribution is -0.165. The molecule has 0 radical (unpaired) electrons. The van der Waals surface area contributed by atoms with Gasteiger partial charge in [-0.05, 0) is 44.2 Å². The smallest absolute Gasteiger partial charge is 0.406 e. The van der Waals surface area contributed by atoms with Gasteiger partial charge in [-0.25, -0.2) is 0 Å². The number of halogens is 5. The molecule has 2 amide bonds. The van der Waals surface area contributed by atoms with Crippen LogP contribution in [0.2, 0.25) is 10.0 Å². The SMILES string of the molecule is O=C(COc1ccc(Cl)c(Cl)c1)NC12CCC(NC(=O)C3CC(C(F)(F)F)NO3)(CC1)C[C@@H]2O. The molecule has 4 fully saturated rings. The van der Waals surface area contributed by atoms with Crippen LogP contribution in [0.5, 0.6) is 5.75 Å². The molecular weight excluding hydrogens is 502 g/mol. The fraction of sp³-hybridized carbons (Fsp3) is 0.619. The number of hydroxylamine groups is 1. The maximum Gasteiger partial charge on any atom is 0.406 e. The van der Waals surface area contributed by atoms with Crippen molar-refractivity contribution in [2.45, 2.75) is 74.0 Å². The van der Waals surface area contributed by atoms with Gasteiger partial charge in [-0.3, -0.25) is 14.4 Å². The van der Waals surface area contributed by atoms with Crippen LogP contribution >= 0.6 is 23.2 Å². The van der Waals surface area contributed by atoms with Gasteiger partial charge in [-0.1, -0.05) is 23.2 Å². The molecule has 5 rings (SSSR count). The first-order valence-corrected chi connectivity index (χ1v) is 11.5. The average molecular weight is 526 g/mol. The van der Waals surface area contributed by atoms with Crippen molar-refractivity contribution in [1.29, 1.82) is 0 Å². The standard InChI is InChI=1S/C21H24Cl2F3N3O5/c22-12-2-1-11(7-13(12)23)33-10-17(31)27-20-5-3-19(4-6-20,9-16(20)30)28-18(32)14-8-15(29-34-14)21(24,25)26/h1-2,7,14-16,29-30H,3-6,8-10H2,(H,27,31)(H,28,32)/t14?,15?,16-,19?,20?/m0/s1. The number of hydrogen-bond acceptors (Lipinski definition) is 6. The lowest BCUT2D eigenvalue weighted by Gasteiger charge is -2.56. The molecule has 13 heteroatoms. The van der Waals surface area contributed by atoms with Crippen LogP contribution in [0.3, 0.4) is 0 Å². The molecule has 34 heavy (non-hydrogen) atoms. The summed E-state index contributed by atoms with van der Waals surface area (Å²) in [6.45, 7) is -0.291. The molecule has 0 spiro atoms. The van der Waals surface area contributed by atoms with Crippen LogP contribution in [0.25, 0.3) is 0 Å². The van der Waals surface area contributed by atoms with E-state index in [1.807, 2.05) is 5.48 Å². The van der Waals surface area contributed by atoms with Crippen molar-refractivity contribution in [3.8, 4) is 5.75 Å². The number of carbonyl (C=O) groups excluding carboxylic acids is 2. The first kappa shape index (κ1) is 25.3. The number of amides is 2. The molecule has 4 N–H and O–H groups in total. The summed E-state index contributed by atoms with van der Waals surface area (Å²) in [7, 11) is 0. The summed E-state index contributed by atoms with van der Waals surface area (Å²) in [5.41, 5.74) is 0.234. The molecule has 4 aliphatic rings. The Morgan fingerprint density at radius 1 is 1.18 bits per heavy atom. The Bertz CT molecular complexity index is 956. The molecule has 0 aromatic heterocycles. The summed E-state index contributed by atoms with van der Waals surface area (Å²) in [5.74, 6) is -0.708. The number of aliphatic hydroxyl groups excluding tert-OH is 1. The highest BCUT2D eigenvalue weighted by Crippen LogP contribution is 2.47. The number of nitrogens with one attached hydrogen (secondary N) is 3. The van der Waals surface area contributed by atoms with E-state index in [0.29, 0.717) is 41.5 Å². The maximum absolute atomic E-state index is 12.8. The summed E-state index contributed by atoms with van der Waals surface area (Å²) in [5, 5.41) is 17.1. The van der Waals surface area contributed by atoms with Crippen LogP contribution in [-0.2, 0) is 14.4 Å². The predicted molar refractivity (Wildman–Crippen MR) is 115 cm³/mol. The van der Waals surface area contributed by atoms with E-state index in [9.17, 15) is 27.9 Å². The lowest BCUT2D eigenvalue weighted by Crippen LogP contribution is -2.70. The molecule has 2 bridgehead atoms. The quantitative estimate of drug-likeness (QED) is 0.454. The van der Waals surface area contributed by atoms with Crippen LogP contribution in [0.15, 0.2) is 18.2 Å². The highest BCUT2D eigenvalue weighted by atomic mass is 35.5. The van der Waals surface area contributed by atoms with Crippen molar-refractivity contribution < 1.29 is 37.4 Å². The molecule has 1 aromatic rings. The third-order valence-electron chi connectivity index (χ3n) is 6.85. The van der Waals surface area contributed by atoms with Gasteiger partial charge in [0, 0.05) is 18.0 Å². The summed E-state index contributed by atoms with van der Waals surface area (Å²) in [6, 6.07) is 2.71. The van der Waals surface area contributed by atoms with E-state index in [2.05, 4.69) is 10.6 Å². The molecule has 1 saturated heterocycles. The molecule has 3 saturated carbocycles. The van der Waals surface area contributed by atoms with Crippen molar-refractivity contribution in [3.63, 3.8) is 0 Å². The van der Waals surface area contributed by atoms with Gasteiger partial charge in [0.05, 0.1) is 21.7 Å². The van der Waals surface area contributed by atoms with Crippen molar-refractivity contribution >= 4 is 35.0 Å². The van der Waals surface area contributed by atoms with E-state index < -0.39 is 53.7 Å². The number of carbonyl (C=O) groups is 2. The zero-order valence-corrected chi connectivity index (χ0v) is 19.4. The molecule has 8 nitrogen and oxygen atoms in total. The fourth-order valence-corrected chi connectivity index (χ4v) is 5.16. The minimum atomic E-state index is -4.51. The van der Waals surface area contributed by atoms with E-state index in [0.717, 1.165) is 0 Å². The second kappa shape index (κ2) is 9.34. The molecular formula is C21H24Cl2F3N3O5. The third kappa shape index (κ3) is 5.23. The Hall–Kier alpha value is -1.79. The van der Waals surface area contributed by atoms with E-state index in [1.54, 1.807) is 12.1 Å². The Labute approximate surface area is 203 Å². The number of hydrogen-bond donors (Lipinski definition) is 4. The van der Waals surface area contributed by atoms with Gasteiger partial charge >= 0.3 is 6.18 Å². The second-order valence-electron chi connectivity index (χ2n) is 9.11. The number of benzene rings is 1. The van der Waals surface area contributed by atoms with Crippen molar-refractivity contribution in [1.82, 2.24) is 16.1 Å². The Morgan fingerprint density at radius 2 is 1.88 bits per heavy atom. The normalized spacial score (nSPS) is 32.9. The number of alkyl halides is 3. The van der Waals surface area contributed by atoms with Crippen LogP contribution in [0.4, 0.5) is 13.2 Å². The lowest BCUT2D eigenvalue weighted by atomic mass is 9.60. The van der Waals surface area contributed by atoms with E-state index in [1.165, 1.54) is 6.07 Å². The number of aliphatic hydroxyl groups is 1. The largest absolute Gasteiger partial charge is 0.484 e. The third-order valence-corrected chi connectivity index (χ3v) is 7.59. The highest BCUT2D eigenvalue weighted by molar-refractivity contribution is 6.42. The zero-order chi connectivity index (χ0) is 24.7. The van der Waals surface area contributed by atoms with Crippen LogP contribution < -0.4 is 20.9 Å². The van der Waals surface area contributed by atoms with Crippen molar-refractivity contribution in [2.24, 2.45) is 0 Å². The first-order chi connectivity index (χ1) is 15.9. The minimum absolute atomic E-state index is 0.162. The van der Waals surface area contributed by atoms with Crippen LogP contribution in [-0.4, -0.2) is 59.0 Å². The average Bonchev–Trinajstić information content (AvgIpc) is 3.27. The summed E-state index contributed by atoms with van der Waals surface area (Å²) >= 11 is 11.8. The fourth-order valence-electron chi connectivity index (χ4n) is 4.87. The van der Waals surface area contributed by atoms with E-state index in [4.69, 9.17) is 32.8 Å². The molecule has 1 aliphatic heterocycles. The Balaban J connectivity index is 1.30. The number of ether oxygens (including phenoxy) is 1. The molecule has 3 aliphatic carbocycles. The predicted octanol–water partition coefficient (Wildman–Crippen LogP) is 2.65. The second-order valence-corrected chi connectivity index (χ2v) is 9.93. The first-order valence-electron chi connectivity index (χ1n) is 10.8. The van der Waals surface area contributed by atoms with Crippen LogP contribution in [0.1, 0.15) is 38.5 Å². The van der Waals surface area contributed by atoms with Crippen molar-refractivity contribution in [3.05, 3.63) is 28.2 Å². The van der Waals surface area contributed by atoms with Gasteiger partial charge in [0.2, 0.25) is 0 Å². The summed E-state index contributed by atoms with van der Waals surface area (Å²) in [4.78, 5) is 29.9. The number of fused-ring (bicyclic) bond motifs is 3. The maximum atomic E-state index is 12.8. The Kier molecular flexibility index (Phi) is 6.96. The monoisotopic (exact) mass is 525 g/mol. The molecule has 1 aromatic carbocycles. The van der Waals surface area contributed by atoms with Gasteiger partial charge < -0.3 is 20.5 Å². The Morgan fingerprint density at radius 3 is 2.47 bits per heavy atom. The van der Waals surface area contributed by atoms with Gasteiger partial charge in [0.15, 0.2) is 12.7 Å². The van der Waals surface area contributed by atoms with E-state index in [-0.39, 0.29) is 13.0 Å². The topological polar surface area (TPSA) is 109 Å². The zero-order valence-electron chi connectivity index (χ0n) is 17.9. The molecule has 1 heterocycles. The van der Waals surface area contributed by atoms with Crippen LogP contribution in [0, 0.1) is 0 Å². The molecule has 3 atom stereocenters. The summed E-state index contributed by atoms with van der Waals surface area (Å²) < 4.78 is 43.9. The van der Waals surface area contributed by atoms with Gasteiger partial charge in [-0.15, -0.1) is 0 Å². The van der Waals surface area contributed by atoms with Gasteiger partial charge in [0.1, 0.15) is 11.8 Å². The molecule has 188 valence electrons. The van der Waals surface area contributed by atoms with E-state index >= 15 is 0 Å². The van der Waals surface area contributed by atoms with Crippen molar-refractivity contribution in [2.75, 3.05) is 6.61 Å². The van der Waals surface area contributed by atoms with Gasteiger partial charge in [-0.2, -0.15) is 18.7 Å². The number of rotatable bonds is 6. The molecule has 2 unspecified atom stereocenters. The highest BCUT2D eigenvalue weighted by Gasteiger charge is 2.56. The van der Waals surface area contributed by atoms with Gasteiger partial charge in [0.25, 0.3) is 11.8 Å².